The molecule has 4 nitrogen and oxygen atoms in total. The highest BCUT2D eigenvalue weighted by Gasteiger charge is 2.12. The van der Waals surface area contributed by atoms with Crippen LogP contribution in [-0.4, -0.2) is 34.9 Å². The lowest BCUT2D eigenvalue weighted by Crippen LogP contribution is -2.27. The second-order valence-corrected chi connectivity index (χ2v) is 5.73. The molecule has 0 aromatic heterocycles. The van der Waals surface area contributed by atoms with Gasteiger partial charge in [-0.05, 0) is 17.7 Å². The molecule has 0 aliphatic rings. The normalized spacial score (nSPS) is 12.2. The molecule has 0 aliphatic heterocycles. The number of anilines is 1. The first-order valence-electron chi connectivity index (χ1n) is 4.99. The molecule has 0 bridgehead atoms. The second kappa shape index (κ2) is 6.02. The summed E-state index contributed by atoms with van der Waals surface area (Å²) in [6.45, 7) is 0. The number of hydrogen-bond donors (Lipinski definition) is 1. The van der Waals surface area contributed by atoms with Crippen molar-refractivity contribution in [3.63, 3.8) is 0 Å². The lowest BCUT2D eigenvalue weighted by Gasteiger charge is -2.10. The maximum Gasteiger partial charge on any atom is 0.234 e. The van der Waals surface area contributed by atoms with E-state index in [-0.39, 0.29) is 17.4 Å². The van der Waals surface area contributed by atoms with Gasteiger partial charge in [0.05, 0.1) is 5.75 Å². The number of nitrogens with two attached hydrogens (primary N) is 1. The Hall–Kier alpha value is -1.07. The van der Waals surface area contributed by atoms with E-state index in [1.807, 2.05) is 0 Å². The van der Waals surface area contributed by atoms with Crippen LogP contribution in [0.25, 0.3) is 0 Å². The van der Waals surface area contributed by atoms with Crippen LogP contribution < -0.4 is 5.73 Å². The van der Waals surface area contributed by atoms with Crippen LogP contribution in [0.4, 0.5) is 5.69 Å². The summed E-state index contributed by atoms with van der Waals surface area (Å²) >= 11 is 5.96. The van der Waals surface area contributed by atoms with Crippen LogP contribution in [0.1, 0.15) is 5.56 Å². The lowest BCUT2D eigenvalue weighted by molar-refractivity contribution is -0.125. The fourth-order valence-corrected chi connectivity index (χ4v) is 2.74. The molecule has 94 valence electrons. The van der Waals surface area contributed by atoms with Gasteiger partial charge in [-0.3, -0.25) is 9.00 Å². The SMILES string of the molecule is CN(C)C(=O)CS(=O)Cc1ccc(N)cc1Cl. The minimum absolute atomic E-state index is 0.00764. The summed E-state index contributed by atoms with van der Waals surface area (Å²) in [5, 5.41) is 0.482. The number of carbonyl (C=O) groups is 1. The number of benzene rings is 1. The fourth-order valence-electron chi connectivity index (χ4n) is 1.17. The van der Waals surface area contributed by atoms with Crippen LogP contribution in [0.2, 0.25) is 5.02 Å². The third-order valence-corrected chi connectivity index (χ3v) is 3.73. The summed E-state index contributed by atoms with van der Waals surface area (Å²) in [4.78, 5) is 12.8. The fraction of sp³-hybridized carbons (Fsp3) is 0.364. The zero-order chi connectivity index (χ0) is 13.0. The van der Waals surface area contributed by atoms with Crippen LogP contribution in [0.3, 0.4) is 0 Å². The van der Waals surface area contributed by atoms with E-state index >= 15 is 0 Å². The zero-order valence-electron chi connectivity index (χ0n) is 9.77. The van der Waals surface area contributed by atoms with Crippen LogP contribution in [0.15, 0.2) is 18.2 Å². The minimum Gasteiger partial charge on any atom is -0.399 e. The van der Waals surface area contributed by atoms with Gasteiger partial charge in [-0.2, -0.15) is 0 Å². The molecule has 2 N–H and O–H groups in total. The molecule has 6 heteroatoms. The number of amides is 1. The van der Waals surface area contributed by atoms with E-state index in [1.165, 1.54) is 4.90 Å². The molecular formula is C11H15ClN2O2S. The number of rotatable bonds is 4. The molecule has 0 radical (unpaired) electrons. The Kier molecular flexibility index (Phi) is 4.96. The Bertz CT molecular complexity index is 449. The van der Waals surface area contributed by atoms with Gasteiger partial charge in [0.15, 0.2) is 0 Å². The van der Waals surface area contributed by atoms with Gasteiger partial charge >= 0.3 is 0 Å². The van der Waals surface area contributed by atoms with E-state index < -0.39 is 10.8 Å². The summed E-state index contributed by atoms with van der Waals surface area (Å²) in [7, 11) is 2.01. The van der Waals surface area contributed by atoms with Crippen molar-refractivity contribution < 1.29 is 9.00 Å². The standard InChI is InChI=1S/C11H15ClN2O2S/c1-14(2)11(15)7-17(16)6-8-3-4-9(13)5-10(8)12/h3-5H,6-7,13H2,1-2H3. The molecule has 0 fully saturated rings. The molecule has 0 saturated heterocycles. The smallest absolute Gasteiger partial charge is 0.234 e. The number of nitrogen functional groups attached to an aromatic ring is 1. The molecule has 1 rings (SSSR count). The van der Waals surface area contributed by atoms with E-state index in [0.717, 1.165) is 5.56 Å². The van der Waals surface area contributed by atoms with Gasteiger partial charge in [-0.15, -0.1) is 0 Å². The molecule has 0 spiro atoms. The van der Waals surface area contributed by atoms with Crippen molar-refractivity contribution in [1.29, 1.82) is 0 Å². The predicted octanol–water partition coefficient (Wildman–Crippen LogP) is 1.26. The highest BCUT2D eigenvalue weighted by molar-refractivity contribution is 7.84. The monoisotopic (exact) mass is 274 g/mol. The molecular weight excluding hydrogens is 260 g/mol. The Morgan fingerprint density at radius 1 is 1.47 bits per heavy atom. The number of nitrogens with zero attached hydrogens (tertiary/aromatic N) is 1. The first-order chi connectivity index (χ1) is 7.90. The van der Waals surface area contributed by atoms with Crippen molar-refractivity contribution in [3.05, 3.63) is 28.8 Å². The van der Waals surface area contributed by atoms with E-state index in [1.54, 1.807) is 32.3 Å². The molecule has 1 aromatic carbocycles. The molecule has 0 aliphatic carbocycles. The minimum atomic E-state index is -1.26. The van der Waals surface area contributed by atoms with Gasteiger partial charge in [0.1, 0.15) is 5.75 Å². The van der Waals surface area contributed by atoms with E-state index in [2.05, 4.69) is 0 Å². The predicted molar refractivity (Wildman–Crippen MR) is 71.3 cm³/mol. The average Bonchev–Trinajstić information content (AvgIpc) is 2.22. The topological polar surface area (TPSA) is 63.4 Å². The first kappa shape index (κ1) is 14.0. The molecule has 17 heavy (non-hydrogen) atoms. The Morgan fingerprint density at radius 3 is 2.65 bits per heavy atom. The summed E-state index contributed by atoms with van der Waals surface area (Å²) in [5.74, 6) is 0.113. The van der Waals surface area contributed by atoms with Gasteiger partial charge in [0, 0.05) is 35.6 Å². The molecule has 0 heterocycles. The van der Waals surface area contributed by atoms with Crippen molar-refractivity contribution in [2.24, 2.45) is 0 Å². The maximum atomic E-state index is 11.7. The molecule has 1 unspecified atom stereocenters. The molecule has 1 atom stereocenters. The maximum absolute atomic E-state index is 11.7. The molecule has 1 aromatic rings. The zero-order valence-corrected chi connectivity index (χ0v) is 11.3. The van der Waals surface area contributed by atoms with Gasteiger partial charge < -0.3 is 10.6 Å². The third kappa shape index (κ3) is 4.36. The summed E-state index contributed by atoms with van der Waals surface area (Å²) in [6, 6.07) is 5.05. The van der Waals surface area contributed by atoms with Gasteiger partial charge in [-0.1, -0.05) is 17.7 Å². The Morgan fingerprint density at radius 2 is 2.12 bits per heavy atom. The van der Waals surface area contributed by atoms with E-state index in [4.69, 9.17) is 17.3 Å². The van der Waals surface area contributed by atoms with Crippen molar-refractivity contribution in [2.75, 3.05) is 25.6 Å². The highest BCUT2D eigenvalue weighted by Crippen LogP contribution is 2.20. The number of carbonyl (C=O) groups excluding carboxylic acids is 1. The number of halogens is 1. The first-order valence-corrected chi connectivity index (χ1v) is 6.85. The molecule has 1 amide bonds. The molecule has 0 saturated carbocycles. The number of hydrogen-bond acceptors (Lipinski definition) is 3. The Balaban J connectivity index is 2.65. The van der Waals surface area contributed by atoms with Crippen LogP contribution >= 0.6 is 11.6 Å². The second-order valence-electron chi connectivity index (χ2n) is 3.87. The van der Waals surface area contributed by atoms with E-state index in [9.17, 15) is 9.00 Å². The highest BCUT2D eigenvalue weighted by atomic mass is 35.5. The summed E-state index contributed by atoms with van der Waals surface area (Å²) in [6.07, 6.45) is 0. The quantitative estimate of drug-likeness (QED) is 0.841. The van der Waals surface area contributed by atoms with Gasteiger partial charge in [0.2, 0.25) is 5.91 Å². The lowest BCUT2D eigenvalue weighted by atomic mass is 10.2. The van der Waals surface area contributed by atoms with Crippen molar-refractivity contribution in [3.8, 4) is 0 Å². The average molecular weight is 275 g/mol. The van der Waals surface area contributed by atoms with Crippen molar-refractivity contribution in [1.82, 2.24) is 4.90 Å². The van der Waals surface area contributed by atoms with Crippen LogP contribution in [-0.2, 0) is 21.3 Å². The van der Waals surface area contributed by atoms with Crippen molar-refractivity contribution in [2.45, 2.75) is 5.75 Å². The van der Waals surface area contributed by atoms with E-state index in [0.29, 0.717) is 10.7 Å². The Labute approximate surface area is 108 Å². The van der Waals surface area contributed by atoms with Crippen molar-refractivity contribution >= 4 is 34.0 Å². The third-order valence-electron chi connectivity index (χ3n) is 2.18. The summed E-state index contributed by atoms with van der Waals surface area (Å²) in [5.41, 5.74) is 6.86. The van der Waals surface area contributed by atoms with Gasteiger partial charge in [-0.25, -0.2) is 0 Å². The largest absolute Gasteiger partial charge is 0.399 e. The van der Waals surface area contributed by atoms with Gasteiger partial charge in [0.25, 0.3) is 0 Å². The summed E-state index contributed by atoms with van der Waals surface area (Å²) < 4.78 is 11.7. The van der Waals surface area contributed by atoms with Crippen LogP contribution in [0.5, 0.6) is 0 Å². The van der Waals surface area contributed by atoms with Crippen LogP contribution in [0, 0.1) is 0 Å².